The lowest BCUT2D eigenvalue weighted by molar-refractivity contribution is -0.112. The lowest BCUT2D eigenvalue weighted by atomic mass is 10.1. The highest BCUT2D eigenvalue weighted by atomic mass is 79.9. The summed E-state index contributed by atoms with van der Waals surface area (Å²) >= 11 is 6.93. The van der Waals surface area contributed by atoms with Crippen molar-refractivity contribution < 1.29 is 9.53 Å². The second kappa shape index (κ2) is 9.40. The molecule has 1 N–H and O–H groups in total. The van der Waals surface area contributed by atoms with Crippen LogP contribution in [0.2, 0.25) is 0 Å². The van der Waals surface area contributed by atoms with Gasteiger partial charge in [0.05, 0.1) is 15.6 Å². The zero-order chi connectivity index (χ0) is 18.2. The number of carbonyl (C=O) groups excluding carboxylic acids is 1. The van der Waals surface area contributed by atoms with Gasteiger partial charge in [0, 0.05) is 5.69 Å². The van der Waals surface area contributed by atoms with E-state index >= 15 is 0 Å². The van der Waals surface area contributed by atoms with Crippen LogP contribution in [0.15, 0.2) is 57.0 Å². The van der Waals surface area contributed by atoms with E-state index in [-0.39, 0.29) is 5.57 Å². The maximum absolute atomic E-state index is 12.3. The third kappa shape index (κ3) is 5.45. The molecule has 2 aromatic carbocycles. The van der Waals surface area contributed by atoms with E-state index in [1.54, 1.807) is 12.1 Å². The Morgan fingerprint density at radius 2 is 1.88 bits per heavy atom. The van der Waals surface area contributed by atoms with Crippen LogP contribution in [0, 0.1) is 11.3 Å². The number of nitrogens with one attached hydrogen (secondary N) is 1. The van der Waals surface area contributed by atoms with Crippen molar-refractivity contribution in [1.82, 2.24) is 0 Å². The molecule has 0 bridgehead atoms. The largest absolute Gasteiger partial charge is 0.491 e. The second-order valence-corrected chi connectivity index (χ2v) is 6.86. The van der Waals surface area contributed by atoms with Crippen LogP contribution < -0.4 is 10.1 Å². The van der Waals surface area contributed by atoms with Gasteiger partial charge in [-0.15, -0.1) is 0 Å². The number of nitriles is 1. The van der Waals surface area contributed by atoms with E-state index in [1.807, 2.05) is 43.3 Å². The third-order valence-corrected chi connectivity index (χ3v) is 4.36. The minimum atomic E-state index is -0.452. The minimum absolute atomic E-state index is 0.0184. The Labute approximate surface area is 163 Å². The van der Waals surface area contributed by atoms with E-state index in [9.17, 15) is 10.1 Å². The van der Waals surface area contributed by atoms with Gasteiger partial charge in [-0.1, -0.05) is 25.1 Å². The normalized spacial score (nSPS) is 10.9. The first-order valence-electron chi connectivity index (χ1n) is 7.65. The van der Waals surface area contributed by atoms with Gasteiger partial charge in [-0.25, -0.2) is 0 Å². The van der Waals surface area contributed by atoms with Crippen molar-refractivity contribution >= 4 is 49.5 Å². The van der Waals surface area contributed by atoms with Crippen molar-refractivity contribution in [2.75, 3.05) is 11.9 Å². The van der Waals surface area contributed by atoms with E-state index in [0.717, 1.165) is 15.4 Å². The number of para-hydroxylation sites is 1. The first kappa shape index (κ1) is 19.2. The zero-order valence-corrected chi connectivity index (χ0v) is 16.7. The number of carbonyl (C=O) groups is 1. The number of ether oxygens (including phenoxy) is 1. The van der Waals surface area contributed by atoms with Crippen molar-refractivity contribution in [2.24, 2.45) is 0 Å². The Balaban J connectivity index is 2.24. The van der Waals surface area contributed by atoms with Gasteiger partial charge < -0.3 is 10.1 Å². The van der Waals surface area contributed by atoms with Gasteiger partial charge in [0.15, 0.2) is 0 Å². The number of nitrogens with zero attached hydrogens (tertiary/aromatic N) is 1. The molecule has 0 aliphatic heterocycles. The number of amides is 1. The fourth-order valence-electron chi connectivity index (χ4n) is 2.04. The summed E-state index contributed by atoms with van der Waals surface area (Å²) in [4.78, 5) is 12.3. The van der Waals surface area contributed by atoms with Crippen molar-refractivity contribution in [3.8, 4) is 11.8 Å². The molecule has 0 fully saturated rings. The fourth-order valence-corrected chi connectivity index (χ4v) is 3.49. The summed E-state index contributed by atoms with van der Waals surface area (Å²) in [7, 11) is 0. The summed E-state index contributed by atoms with van der Waals surface area (Å²) in [5.74, 6) is 0.249. The van der Waals surface area contributed by atoms with Crippen LogP contribution in [-0.2, 0) is 4.79 Å². The summed E-state index contributed by atoms with van der Waals surface area (Å²) in [6.07, 6.45) is 2.44. The molecule has 0 saturated carbocycles. The summed E-state index contributed by atoms with van der Waals surface area (Å²) in [6, 6.07) is 14.6. The molecule has 0 aromatic heterocycles. The molecule has 1 amide bonds. The molecule has 6 heteroatoms. The smallest absolute Gasteiger partial charge is 0.266 e. The van der Waals surface area contributed by atoms with E-state index in [4.69, 9.17) is 4.74 Å². The number of hydrogen-bond donors (Lipinski definition) is 1. The van der Waals surface area contributed by atoms with E-state index in [1.165, 1.54) is 6.08 Å². The lowest BCUT2D eigenvalue weighted by Gasteiger charge is -2.10. The Morgan fingerprint density at radius 3 is 2.44 bits per heavy atom. The molecule has 25 heavy (non-hydrogen) atoms. The van der Waals surface area contributed by atoms with Crippen molar-refractivity contribution in [1.29, 1.82) is 5.26 Å². The molecule has 4 nitrogen and oxygen atoms in total. The van der Waals surface area contributed by atoms with E-state index < -0.39 is 5.91 Å². The lowest BCUT2D eigenvalue weighted by Crippen LogP contribution is -2.13. The van der Waals surface area contributed by atoms with E-state index in [2.05, 4.69) is 37.2 Å². The van der Waals surface area contributed by atoms with Crippen LogP contribution in [0.5, 0.6) is 5.75 Å². The highest BCUT2D eigenvalue weighted by Gasteiger charge is 2.12. The topological polar surface area (TPSA) is 62.1 Å². The first-order chi connectivity index (χ1) is 12.0. The second-order valence-electron chi connectivity index (χ2n) is 5.15. The summed E-state index contributed by atoms with van der Waals surface area (Å²) in [5, 5.41) is 12.0. The number of hydrogen-bond acceptors (Lipinski definition) is 3. The first-order valence-corrected chi connectivity index (χ1v) is 9.23. The molecule has 0 heterocycles. The number of anilines is 1. The quantitative estimate of drug-likeness (QED) is 0.451. The Morgan fingerprint density at radius 1 is 1.24 bits per heavy atom. The average Bonchev–Trinajstić information content (AvgIpc) is 2.59. The molecular weight excluding hydrogens is 448 g/mol. The molecule has 2 rings (SSSR count). The number of halogens is 2. The molecule has 0 radical (unpaired) electrons. The SMILES string of the molecule is CCCOc1c(Br)cc(/C=C(\C#N)C(=O)Nc2ccccc2)cc1Br. The fraction of sp³-hybridized carbons (Fsp3) is 0.158. The molecule has 0 unspecified atom stereocenters. The molecule has 0 atom stereocenters. The van der Waals surface area contributed by atoms with Crippen LogP contribution in [0.3, 0.4) is 0 Å². The summed E-state index contributed by atoms with van der Waals surface area (Å²) in [6.45, 7) is 2.64. The Hall–Kier alpha value is -2.10. The van der Waals surface area contributed by atoms with Gasteiger partial charge in [-0.2, -0.15) is 5.26 Å². The maximum atomic E-state index is 12.3. The number of benzene rings is 2. The standard InChI is InChI=1S/C19H16Br2N2O2/c1-2-8-25-18-16(20)10-13(11-17(18)21)9-14(12-22)19(24)23-15-6-4-3-5-7-15/h3-7,9-11H,2,8H2,1H3,(H,23,24)/b14-9+. The molecule has 0 aliphatic rings. The highest BCUT2D eigenvalue weighted by Crippen LogP contribution is 2.35. The van der Waals surface area contributed by atoms with Crippen molar-refractivity contribution in [3.05, 3.63) is 62.5 Å². The third-order valence-electron chi connectivity index (χ3n) is 3.18. The molecular formula is C19H16Br2N2O2. The van der Waals surface area contributed by atoms with Crippen molar-refractivity contribution in [3.63, 3.8) is 0 Å². The maximum Gasteiger partial charge on any atom is 0.266 e. The molecule has 0 spiro atoms. The van der Waals surface area contributed by atoms with Gasteiger partial charge in [-0.05, 0) is 74.2 Å². The summed E-state index contributed by atoms with van der Waals surface area (Å²) < 4.78 is 7.18. The summed E-state index contributed by atoms with van der Waals surface area (Å²) in [5.41, 5.74) is 1.37. The molecule has 2 aromatic rings. The van der Waals surface area contributed by atoms with Crippen molar-refractivity contribution in [2.45, 2.75) is 13.3 Å². The minimum Gasteiger partial charge on any atom is -0.491 e. The molecule has 128 valence electrons. The molecule has 0 aliphatic carbocycles. The van der Waals surface area contributed by atoms with Crippen LogP contribution in [0.25, 0.3) is 6.08 Å². The van der Waals surface area contributed by atoms with Crippen LogP contribution in [0.1, 0.15) is 18.9 Å². The average molecular weight is 464 g/mol. The predicted molar refractivity (Wildman–Crippen MR) is 106 cm³/mol. The van der Waals surface area contributed by atoms with Crippen LogP contribution >= 0.6 is 31.9 Å². The monoisotopic (exact) mass is 462 g/mol. The van der Waals surface area contributed by atoms with Gasteiger partial charge in [0.1, 0.15) is 17.4 Å². The Bertz CT molecular complexity index is 804. The number of rotatable bonds is 6. The van der Waals surface area contributed by atoms with Gasteiger partial charge in [0.2, 0.25) is 0 Å². The zero-order valence-electron chi connectivity index (χ0n) is 13.6. The highest BCUT2D eigenvalue weighted by molar-refractivity contribution is 9.11. The van der Waals surface area contributed by atoms with E-state index in [0.29, 0.717) is 23.6 Å². The van der Waals surface area contributed by atoms with Crippen LogP contribution in [-0.4, -0.2) is 12.5 Å². The van der Waals surface area contributed by atoms with Gasteiger partial charge in [-0.3, -0.25) is 4.79 Å². The van der Waals surface area contributed by atoms with Gasteiger partial charge >= 0.3 is 0 Å². The predicted octanol–water partition coefficient (Wildman–Crippen LogP) is 5.55. The molecule has 0 saturated heterocycles. The Kier molecular flexibility index (Phi) is 7.23. The van der Waals surface area contributed by atoms with Crippen LogP contribution in [0.4, 0.5) is 5.69 Å². The van der Waals surface area contributed by atoms with Gasteiger partial charge in [0.25, 0.3) is 5.91 Å².